The molecule has 9 aromatic carbocycles. The van der Waals surface area contributed by atoms with Gasteiger partial charge in [-0.3, -0.25) is 0 Å². The van der Waals surface area contributed by atoms with Crippen LogP contribution in [-0.2, 0) is 0 Å². The third-order valence-electron chi connectivity index (χ3n) is 10.6. The van der Waals surface area contributed by atoms with Gasteiger partial charge in [-0.1, -0.05) is 164 Å². The fourth-order valence-corrected chi connectivity index (χ4v) is 8.05. The number of hydrogen-bond donors (Lipinski definition) is 0. The summed E-state index contributed by atoms with van der Waals surface area (Å²) in [7, 11) is 0. The summed E-state index contributed by atoms with van der Waals surface area (Å²) >= 11 is 0. The van der Waals surface area contributed by atoms with E-state index in [2.05, 4.69) is 228 Å². The summed E-state index contributed by atoms with van der Waals surface area (Å²) in [6.45, 7) is 0. The third kappa shape index (κ3) is 5.53. The van der Waals surface area contributed by atoms with Crippen LogP contribution in [0.3, 0.4) is 0 Å². The highest BCUT2D eigenvalue weighted by Gasteiger charge is 2.18. The number of rotatable bonds is 7. The molecule has 10 rings (SSSR count). The number of para-hydroxylation sites is 3. The van der Waals surface area contributed by atoms with Crippen molar-refractivity contribution in [2.75, 3.05) is 4.90 Å². The predicted octanol–water partition coefficient (Wildman–Crippen LogP) is 14.4. The van der Waals surface area contributed by atoms with E-state index in [1.807, 2.05) is 0 Å². The average molecular weight is 689 g/mol. The van der Waals surface area contributed by atoms with Gasteiger partial charge in [0.15, 0.2) is 0 Å². The molecule has 0 aliphatic rings. The highest BCUT2D eigenvalue weighted by Crippen LogP contribution is 2.42. The molecule has 0 N–H and O–H groups in total. The van der Waals surface area contributed by atoms with E-state index < -0.39 is 0 Å². The van der Waals surface area contributed by atoms with Crippen LogP contribution in [0.15, 0.2) is 218 Å². The Balaban J connectivity index is 1.06. The lowest BCUT2D eigenvalue weighted by Crippen LogP contribution is -2.10. The average Bonchev–Trinajstić information content (AvgIpc) is 3.59. The lowest BCUT2D eigenvalue weighted by atomic mass is 9.97. The van der Waals surface area contributed by atoms with E-state index in [9.17, 15) is 0 Å². The molecule has 254 valence electrons. The van der Waals surface area contributed by atoms with Crippen molar-refractivity contribution in [1.82, 2.24) is 4.57 Å². The number of aromatic nitrogens is 1. The molecule has 0 atom stereocenters. The Morgan fingerprint density at radius 3 is 1.63 bits per heavy atom. The molecule has 2 nitrogen and oxygen atoms in total. The van der Waals surface area contributed by atoms with Crippen molar-refractivity contribution in [1.29, 1.82) is 0 Å². The Morgan fingerprint density at radius 2 is 0.852 bits per heavy atom. The molecule has 0 saturated heterocycles. The van der Waals surface area contributed by atoms with Crippen molar-refractivity contribution in [3.8, 4) is 39.1 Å². The monoisotopic (exact) mass is 688 g/mol. The Kier molecular flexibility index (Phi) is 7.85. The molecular formula is C52H36N2. The van der Waals surface area contributed by atoms with Gasteiger partial charge in [-0.05, 0) is 87.8 Å². The zero-order valence-corrected chi connectivity index (χ0v) is 29.7. The molecule has 0 radical (unpaired) electrons. The Hall–Kier alpha value is -7.16. The van der Waals surface area contributed by atoms with Crippen molar-refractivity contribution < 1.29 is 0 Å². The largest absolute Gasteiger partial charge is 0.310 e. The Bertz CT molecular complexity index is 2880. The molecule has 10 aromatic rings. The SMILES string of the molecule is c1ccc(-c2cccc(N(c3ccc(-c4cccc(-c5ccccc5-n5c6ccccc6c6ccccc65)c4)cc3)c3cccc4ccccc34)c2)cc1. The van der Waals surface area contributed by atoms with E-state index in [0.29, 0.717) is 0 Å². The summed E-state index contributed by atoms with van der Waals surface area (Å²) in [4.78, 5) is 2.39. The van der Waals surface area contributed by atoms with Crippen molar-refractivity contribution in [2.45, 2.75) is 0 Å². The molecule has 0 aliphatic carbocycles. The molecule has 54 heavy (non-hydrogen) atoms. The van der Waals surface area contributed by atoms with Crippen molar-refractivity contribution in [3.05, 3.63) is 218 Å². The number of hydrogen-bond acceptors (Lipinski definition) is 1. The van der Waals surface area contributed by atoms with Gasteiger partial charge < -0.3 is 9.47 Å². The Morgan fingerprint density at radius 1 is 0.315 bits per heavy atom. The van der Waals surface area contributed by atoms with Crippen LogP contribution in [0.5, 0.6) is 0 Å². The minimum atomic E-state index is 1.10. The van der Waals surface area contributed by atoms with Crippen LogP contribution in [0.2, 0.25) is 0 Å². The van der Waals surface area contributed by atoms with Crippen LogP contribution in [0.4, 0.5) is 17.1 Å². The van der Waals surface area contributed by atoms with Gasteiger partial charge in [0.1, 0.15) is 0 Å². The molecule has 1 aromatic heterocycles. The second-order valence-corrected chi connectivity index (χ2v) is 13.8. The second kappa shape index (κ2) is 13.4. The molecule has 0 fully saturated rings. The summed E-state index contributed by atoms with van der Waals surface area (Å²) in [5.41, 5.74) is 14.1. The second-order valence-electron chi connectivity index (χ2n) is 13.8. The molecular weight excluding hydrogens is 653 g/mol. The van der Waals surface area contributed by atoms with E-state index >= 15 is 0 Å². The predicted molar refractivity (Wildman–Crippen MR) is 229 cm³/mol. The topological polar surface area (TPSA) is 8.17 Å². The van der Waals surface area contributed by atoms with Gasteiger partial charge in [0.25, 0.3) is 0 Å². The van der Waals surface area contributed by atoms with Gasteiger partial charge in [-0.25, -0.2) is 0 Å². The molecule has 0 bridgehead atoms. The first kappa shape index (κ1) is 31.6. The van der Waals surface area contributed by atoms with E-state index in [0.717, 1.165) is 17.1 Å². The van der Waals surface area contributed by atoms with Gasteiger partial charge in [0.05, 0.1) is 22.4 Å². The van der Waals surface area contributed by atoms with Crippen LogP contribution < -0.4 is 4.90 Å². The fourth-order valence-electron chi connectivity index (χ4n) is 8.05. The molecule has 0 aliphatic heterocycles. The number of anilines is 3. The van der Waals surface area contributed by atoms with Gasteiger partial charge in [0.2, 0.25) is 0 Å². The lowest BCUT2D eigenvalue weighted by Gasteiger charge is -2.27. The van der Waals surface area contributed by atoms with Crippen LogP contribution in [0.1, 0.15) is 0 Å². The van der Waals surface area contributed by atoms with E-state index in [-0.39, 0.29) is 0 Å². The number of nitrogens with zero attached hydrogens (tertiary/aromatic N) is 2. The van der Waals surface area contributed by atoms with Crippen LogP contribution in [-0.4, -0.2) is 4.57 Å². The summed E-state index contributed by atoms with van der Waals surface area (Å²) in [6.07, 6.45) is 0. The van der Waals surface area contributed by atoms with E-state index in [1.165, 1.54) is 71.6 Å². The zero-order chi connectivity index (χ0) is 35.8. The van der Waals surface area contributed by atoms with Crippen LogP contribution >= 0.6 is 0 Å². The smallest absolute Gasteiger partial charge is 0.0541 e. The molecule has 1 heterocycles. The van der Waals surface area contributed by atoms with Gasteiger partial charge in [0, 0.05) is 33.1 Å². The lowest BCUT2D eigenvalue weighted by molar-refractivity contribution is 1.18. The standard InChI is InChI=1S/C52H36N2/c1-2-15-37(16-3-1)41-20-13-22-44(36-41)53(49-30-14-18-39-17-4-5-23-45(39)49)43-33-31-38(32-34-43)40-19-12-21-42(35-40)46-24-6-9-27-50(46)54-51-28-10-7-25-47(51)48-26-8-11-29-52(48)54/h1-36H. The maximum atomic E-state index is 2.41. The third-order valence-corrected chi connectivity index (χ3v) is 10.6. The highest BCUT2D eigenvalue weighted by molar-refractivity contribution is 6.09. The first-order valence-corrected chi connectivity index (χ1v) is 18.5. The summed E-state index contributed by atoms with van der Waals surface area (Å²) in [5, 5.41) is 4.96. The van der Waals surface area contributed by atoms with Crippen LogP contribution in [0, 0.1) is 0 Å². The van der Waals surface area contributed by atoms with E-state index in [4.69, 9.17) is 0 Å². The molecule has 0 spiro atoms. The minimum absolute atomic E-state index is 1.10. The van der Waals surface area contributed by atoms with Crippen LogP contribution in [0.25, 0.3) is 71.6 Å². The molecule has 0 amide bonds. The first-order chi connectivity index (χ1) is 26.8. The van der Waals surface area contributed by atoms with Crippen molar-refractivity contribution in [3.63, 3.8) is 0 Å². The maximum absolute atomic E-state index is 2.41. The molecule has 2 heteroatoms. The zero-order valence-electron chi connectivity index (χ0n) is 29.7. The van der Waals surface area contributed by atoms with E-state index in [1.54, 1.807) is 0 Å². The highest BCUT2D eigenvalue weighted by atomic mass is 15.1. The minimum Gasteiger partial charge on any atom is -0.310 e. The van der Waals surface area contributed by atoms with Gasteiger partial charge in [-0.2, -0.15) is 0 Å². The van der Waals surface area contributed by atoms with Gasteiger partial charge in [-0.15, -0.1) is 0 Å². The summed E-state index contributed by atoms with van der Waals surface area (Å²) in [6, 6.07) is 78.8. The van der Waals surface area contributed by atoms with Crippen molar-refractivity contribution in [2.24, 2.45) is 0 Å². The summed E-state index contributed by atoms with van der Waals surface area (Å²) in [5.74, 6) is 0. The van der Waals surface area contributed by atoms with Crippen molar-refractivity contribution >= 4 is 49.6 Å². The fraction of sp³-hybridized carbons (Fsp3) is 0. The normalized spacial score (nSPS) is 11.3. The first-order valence-electron chi connectivity index (χ1n) is 18.5. The number of benzene rings is 9. The molecule has 0 unspecified atom stereocenters. The molecule has 0 saturated carbocycles. The summed E-state index contributed by atoms with van der Waals surface area (Å²) < 4.78 is 2.41. The van der Waals surface area contributed by atoms with Gasteiger partial charge >= 0.3 is 0 Å². The number of fused-ring (bicyclic) bond motifs is 4. The maximum Gasteiger partial charge on any atom is 0.0541 e. The quantitative estimate of drug-likeness (QED) is 0.162. The Labute approximate surface area is 315 Å².